The Morgan fingerprint density at radius 3 is 0.807 bits per heavy atom. The van der Waals surface area contributed by atoms with Gasteiger partial charge in [-0.2, -0.15) is 0 Å². The summed E-state index contributed by atoms with van der Waals surface area (Å²) in [4.78, 5) is 7.32. The summed E-state index contributed by atoms with van der Waals surface area (Å²) in [5.41, 5.74) is 24.9. The van der Waals surface area contributed by atoms with Gasteiger partial charge in [-0.3, -0.25) is 0 Å². The Kier molecular flexibility index (Phi) is 22.6. The zero-order valence-corrected chi connectivity index (χ0v) is 84.2. The zero-order valence-electron chi connectivity index (χ0n) is 81.8. The van der Waals surface area contributed by atoms with Gasteiger partial charge in [0.25, 0.3) is 0 Å². The summed E-state index contributed by atoms with van der Waals surface area (Å²) >= 11 is 5.69. The highest BCUT2D eigenvalue weighted by Gasteiger charge is 2.27. The normalized spacial score (nSPS) is 11.6. The lowest BCUT2D eigenvalue weighted by Crippen LogP contribution is -2.11. The van der Waals surface area contributed by atoms with Gasteiger partial charge in [-0.15, -0.1) is 34.0 Å². The highest BCUT2D eigenvalue weighted by Crippen LogP contribution is 2.54. The number of hydrogen-bond acceptors (Lipinski definition) is 6. The van der Waals surface area contributed by atoms with E-state index in [2.05, 4.69) is 579 Å². The van der Waals surface area contributed by atoms with Crippen molar-refractivity contribution in [1.29, 1.82) is 0 Å². The second kappa shape index (κ2) is 38.1. The minimum atomic E-state index is 1.12. The second-order valence-electron chi connectivity index (χ2n) is 38.7. The van der Waals surface area contributed by atoms with E-state index in [0.29, 0.717) is 0 Å². The average Bonchev–Trinajstić information content (AvgIpc) is 1.55. The summed E-state index contributed by atoms with van der Waals surface area (Å²) in [7, 11) is 0. The predicted octanol–water partition coefficient (Wildman–Crippen LogP) is 43.0. The van der Waals surface area contributed by atoms with Crippen LogP contribution in [-0.2, 0) is 0 Å². The second-order valence-corrected chi connectivity index (χ2v) is 41.8. The lowest BCUT2D eigenvalue weighted by atomic mass is 9.93. The van der Waals surface area contributed by atoms with Crippen LogP contribution in [0.15, 0.2) is 564 Å². The van der Waals surface area contributed by atoms with E-state index in [4.69, 9.17) is 0 Å². The van der Waals surface area contributed by atoms with Crippen LogP contribution in [0.4, 0.5) is 51.2 Å². The van der Waals surface area contributed by atoms with Crippen molar-refractivity contribution in [1.82, 2.24) is 0 Å². The van der Waals surface area contributed by atoms with Gasteiger partial charge < -0.3 is 14.7 Å². The van der Waals surface area contributed by atoms with E-state index in [1.165, 1.54) is 241 Å². The van der Waals surface area contributed by atoms with Crippen molar-refractivity contribution in [3.8, 4) is 66.8 Å². The molecule has 3 nitrogen and oxygen atoms in total. The first kappa shape index (κ1) is 89.0. The van der Waals surface area contributed by atoms with E-state index in [0.717, 1.165) is 34.1 Å². The van der Waals surface area contributed by atoms with Crippen LogP contribution in [0.3, 0.4) is 0 Å². The van der Waals surface area contributed by atoms with Gasteiger partial charge in [0.05, 0.1) is 36.8 Å². The van der Waals surface area contributed by atoms with E-state index in [9.17, 15) is 0 Å². The molecule has 0 unspecified atom stereocenters. The molecule has 0 atom stereocenters. The van der Waals surface area contributed by atoms with Crippen molar-refractivity contribution in [3.63, 3.8) is 0 Å². The smallest absolute Gasteiger partial charge is 0.0640 e. The number of hydrogen-bond donors (Lipinski definition) is 0. The summed E-state index contributed by atoms with van der Waals surface area (Å²) in [6, 6.07) is 206. The molecule has 3 aromatic heterocycles. The maximum absolute atomic E-state index is 2.46. The molecule has 150 heavy (non-hydrogen) atoms. The lowest BCUT2D eigenvalue weighted by Gasteiger charge is -2.28. The Labute approximate surface area is 881 Å². The fourth-order valence-corrected chi connectivity index (χ4v) is 26.9. The molecule has 0 aliphatic heterocycles. The molecule has 27 aromatic carbocycles. The third-order valence-corrected chi connectivity index (χ3v) is 33.9. The average molecular weight is 1960 g/mol. The zero-order chi connectivity index (χ0) is 99.1. The van der Waals surface area contributed by atoms with Crippen LogP contribution in [-0.4, -0.2) is 0 Å². The first-order chi connectivity index (χ1) is 74.4. The third-order valence-electron chi connectivity index (χ3n) is 30.1. The Morgan fingerprint density at radius 1 is 0.107 bits per heavy atom. The third kappa shape index (κ3) is 16.0. The van der Waals surface area contributed by atoms with Crippen LogP contribution < -0.4 is 14.7 Å². The first-order valence-corrected chi connectivity index (χ1v) is 53.7. The van der Waals surface area contributed by atoms with Crippen LogP contribution in [0.2, 0.25) is 0 Å². The quantitative estimate of drug-likeness (QED) is 0.0947. The Bertz CT molecular complexity index is 10500. The summed E-state index contributed by atoms with van der Waals surface area (Å²) in [6.45, 7) is 0. The number of para-hydroxylation sites is 1. The highest BCUT2D eigenvalue weighted by molar-refractivity contribution is 7.28. The number of thiophene rings is 3. The fraction of sp³-hybridized carbons (Fsp3) is 0. The van der Waals surface area contributed by atoms with Gasteiger partial charge in [0, 0.05) is 80.4 Å². The van der Waals surface area contributed by atoms with Gasteiger partial charge in [0.2, 0.25) is 0 Å². The molecule has 0 fully saturated rings. The van der Waals surface area contributed by atoms with E-state index in [-0.39, 0.29) is 0 Å². The minimum absolute atomic E-state index is 1.12. The molecule has 702 valence electrons. The molecule has 0 saturated heterocycles. The van der Waals surface area contributed by atoms with Crippen molar-refractivity contribution in [3.05, 3.63) is 564 Å². The highest BCUT2D eigenvalue weighted by atomic mass is 32.1. The van der Waals surface area contributed by atoms with Gasteiger partial charge in [0.15, 0.2) is 0 Å². The molecule has 0 aliphatic rings. The standard InChI is InChI=1S/3C48H31NS/c1-2-13-32(14-3-1)38-18-10-11-23-45(38)49(46-24-12-22-42-43-30-27-33-15-4-7-19-39(33)47(43)50-48(42)46)36-28-25-34(26-29-36)44-31-35-16-5-6-17-37(35)40-20-8-9-21-41(40)44;1-2-11-32(12-3-1)33-21-26-37(27-22-33)49(46-20-10-19-43-44-30-25-34-13-4-7-16-40(34)47(44)50-48(43)46)38-28-23-35(24-29-38)45-31-36-14-5-6-15-39(36)41-17-8-9-18-42(41)45;1-2-10-32(11-3-1)36-14-8-15-40(31-36)49(46-19-9-18-44-45-29-24-35-13-5-7-17-43(35)47(45)50-48(44)46)39-26-22-33(23-27-39)37-25-28-42-38(30-37)21-20-34-12-4-6-16-41(34)42/h3*1-31H. The summed E-state index contributed by atoms with van der Waals surface area (Å²) < 4.78 is 7.86. The molecule has 0 saturated carbocycles. The molecule has 0 N–H and O–H groups in total. The SMILES string of the molecule is c1ccc(-c2ccc(N(c3ccc(-c4cc5ccccc5c5ccccc45)cc3)c3cccc4c3sc3c5ccccc5ccc43)cc2)cc1.c1ccc(-c2cccc(N(c3ccc(-c4ccc5c(ccc6ccccc65)c4)cc3)c3cccc4c3sc3c5ccccc5ccc43)c2)cc1.c1ccc(-c2ccccc2N(c2ccc(-c3cc4ccccc4c4ccccc34)cc2)c2cccc3c2sc2c4ccccc4ccc32)cc1. The molecule has 6 heteroatoms. The van der Waals surface area contributed by atoms with Crippen molar-refractivity contribution >= 4 is 243 Å². The molecule has 0 amide bonds. The predicted molar refractivity (Wildman–Crippen MR) is 652 cm³/mol. The largest absolute Gasteiger partial charge is 0.309 e. The molecule has 0 bridgehead atoms. The minimum Gasteiger partial charge on any atom is -0.309 e. The van der Waals surface area contributed by atoms with Gasteiger partial charge in [-0.05, 0) is 261 Å². The lowest BCUT2D eigenvalue weighted by molar-refractivity contribution is 1.30. The summed E-state index contributed by atoms with van der Waals surface area (Å²) in [5, 5.41) is 30.9. The van der Waals surface area contributed by atoms with Crippen LogP contribution in [0.1, 0.15) is 0 Å². The van der Waals surface area contributed by atoms with Crippen molar-refractivity contribution < 1.29 is 0 Å². The van der Waals surface area contributed by atoms with Crippen LogP contribution >= 0.6 is 34.0 Å². The number of anilines is 9. The van der Waals surface area contributed by atoms with Gasteiger partial charge in [0.1, 0.15) is 0 Å². The molecule has 0 radical (unpaired) electrons. The number of rotatable bonds is 15. The maximum Gasteiger partial charge on any atom is 0.0640 e. The molecule has 30 rings (SSSR count). The van der Waals surface area contributed by atoms with Gasteiger partial charge >= 0.3 is 0 Å². The van der Waals surface area contributed by atoms with Crippen molar-refractivity contribution in [2.24, 2.45) is 0 Å². The van der Waals surface area contributed by atoms with Gasteiger partial charge in [-0.1, -0.05) is 461 Å². The molecule has 30 aromatic rings. The van der Waals surface area contributed by atoms with Gasteiger partial charge in [-0.25, -0.2) is 0 Å². The van der Waals surface area contributed by atoms with Crippen LogP contribution in [0.5, 0.6) is 0 Å². The molecule has 0 spiro atoms. The molecular formula is C144H93N3S3. The topological polar surface area (TPSA) is 9.72 Å². The first-order valence-electron chi connectivity index (χ1n) is 51.3. The van der Waals surface area contributed by atoms with Crippen LogP contribution in [0.25, 0.3) is 224 Å². The summed E-state index contributed by atoms with van der Waals surface area (Å²) in [6.07, 6.45) is 0. The molecular weight excluding hydrogens is 1870 g/mol. The van der Waals surface area contributed by atoms with Crippen molar-refractivity contribution in [2.75, 3.05) is 14.7 Å². The fourth-order valence-electron chi connectivity index (χ4n) is 22.9. The van der Waals surface area contributed by atoms with E-state index >= 15 is 0 Å². The monoisotopic (exact) mass is 1960 g/mol. The molecule has 3 heterocycles. The summed E-state index contributed by atoms with van der Waals surface area (Å²) in [5.74, 6) is 0. The molecule has 0 aliphatic carbocycles. The van der Waals surface area contributed by atoms with E-state index < -0.39 is 0 Å². The Morgan fingerprint density at radius 2 is 0.353 bits per heavy atom. The van der Waals surface area contributed by atoms with Crippen LogP contribution in [0, 0.1) is 0 Å². The van der Waals surface area contributed by atoms with Crippen molar-refractivity contribution in [2.45, 2.75) is 0 Å². The van der Waals surface area contributed by atoms with E-state index in [1.807, 2.05) is 34.0 Å². The number of fused-ring (bicyclic) bond motifs is 24. The maximum atomic E-state index is 2.46. The van der Waals surface area contributed by atoms with E-state index in [1.54, 1.807) is 0 Å². The Balaban J connectivity index is 0.000000108. The number of nitrogens with zero attached hydrogens (tertiary/aromatic N) is 3. The number of benzene rings is 27. The Hall–Kier alpha value is -18.7.